The van der Waals surface area contributed by atoms with Crippen LogP contribution in [0, 0.1) is 0 Å². The van der Waals surface area contributed by atoms with Crippen LogP contribution in [0.5, 0.6) is 5.75 Å². The van der Waals surface area contributed by atoms with Gasteiger partial charge in [0, 0.05) is 38.9 Å². The number of methoxy groups -OCH3 is 1. The number of nitrogen functional groups attached to an aromatic ring is 2. The number of nitrogens with one attached hydrogen (secondary N) is 1. The summed E-state index contributed by atoms with van der Waals surface area (Å²) in [5.74, 6) is -1.70. The number of imidazole rings is 1. The number of ether oxygens (including phenoxy) is 4. The molecule has 0 spiro atoms. The zero-order valence-electron chi connectivity index (χ0n) is 31.8. The van der Waals surface area contributed by atoms with Crippen LogP contribution in [0.2, 0.25) is 5.15 Å². The molecule has 2 aliphatic heterocycles. The lowest BCUT2D eigenvalue weighted by Gasteiger charge is -2.34. The molecule has 1 unspecified atom stereocenters. The quantitative estimate of drug-likeness (QED) is 0.147. The van der Waals surface area contributed by atoms with Gasteiger partial charge in [0.2, 0.25) is 0 Å². The summed E-state index contributed by atoms with van der Waals surface area (Å²) in [6.07, 6.45) is -3.36. The second kappa shape index (κ2) is 19.5. The van der Waals surface area contributed by atoms with Gasteiger partial charge in [0.15, 0.2) is 40.1 Å². The van der Waals surface area contributed by atoms with E-state index in [2.05, 4.69) is 29.2 Å². The summed E-state index contributed by atoms with van der Waals surface area (Å²) in [4.78, 5) is 59.5. The second-order valence-electron chi connectivity index (χ2n) is 13.1. The molecule has 5 N–H and O–H groups in total. The number of anilines is 2. The molecule has 4 aromatic rings. The molecule has 0 aliphatic carbocycles. The third kappa shape index (κ3) is 10.9. The number of aromatic nitrogens is 4. The Morgan fingerprint density at radius 2 is 1.72 bits per heavy atom. The van der Waals surface area contributed by atoms with Crippen molar-refractivity contribution in [2.24, 2.45) is 0 Å². The van der Waals surface area contributed by atoms with Gasteiger partial charge in [-0.1, -0.05) is 41.9 Å². The normalized spacial score (nSPS) is 15.4. The summed E-state index contributed by atoms with van der Waals surface area (Å²) in [6, 6.07) is 15.2. The monoisotopic (exact) mass is 834 g/mol. The lowest BCUT2D eigenvalue weighted by atomic mass is 10.2. The van der Waals surface area contributed by atoms with E-state index >= 15 is 0 Å². The minimum Gasteiger partial charge on any atom is -0.484 e. The van der Waals surface area contributed by atoms with E-state index in [1.54, 1.807) is 9.80 Å². The molecule has 0 radical (unpaired) electrons. The molecule has 4 heterocycles. The average Bonchev–Trinajstić information content (AvgIpc) is 3.84. The van der Waals surface area contributed by atoms with Crippen molar-refractivity contribution in [3.8, 4) is 5.75 Å². The first-order valence-corrected chi connectivity index (χ1v) is 18.6. The fourth-order valence-corrected chi connectivity index (χ4v) is 6.48. The molecule has 1 atom stereocenters. The Balaban J connectivity index is 0.000000725. The van der Waals surface area contributed by atoms with Crippen LogP contribution in [0.25, 0.3) is 11.0 Å². The van der Waals surface area contributed by atoms with Crippen LogP contribution in [0.4, 0.5) is 29.6 Å². The van der Waals surface area contributed by atoms with E-state index in [1.165, 1.54) is 0 Å². The van der Waals surface area contributed by atoms with E-state index in [0.29, 0.717) is 58.7 Å². The van der Waals surface area contributed by atoms with Crippen LogP contribution in [-0.2, 0) is 50.0 Å². The van der Waals surface area contributed by atoms with Crippen LogP contribution >= 0.6 is 11.6 Å². The molecule has 17 nitrogen and oxygen atoms in total. The highest BCUT2D eigenvalue weighted by Crippen LogP contribution is 2.25. The standard InChI is InChI=1S/C34H40ClN9O6.C3H3F3O2/c1-2-43-25-11-10-23(49-21-28(45)41-12-14-42(15-13-41)34(47)50-20-22-7-4-3-5-8-22)17-26(25)44(19-24-9-6-16-48-24)27(43)18-38-33(46)29-31(36)40-32(37)30(35)39-29;1-8-2(7)3(4,5)6/h3-5,7-8,10-11,17,24H,2,6,9,12-16,18-21H2,1H3,(H4-,36,37,38,40,46);1H3/p+1. The molecule has 0 bridgehead atoms. The highest BCUT2D eigenvalue weighted by Gasteiger charge is 2.40. The maximum atomic E-state index is 13.1. The van der Waals surface area contributed by atoms with Gasteiger partial charge in [-0.25, -0.2) is 28.7 Å². The number of esters is 1. The fraction of sp³-hybridized carbons (Fsp3) is 0.432. The molecule has 2 aromatic carbocycles. The molecule has 2 aromatic heterocycles. The maximum Gasteiger partial charge on any atom is 0.490 e. The van der Waals surface area contributed by atoms with Gasteiger partial charge in [-0.05, 0) is 37.5 Å². The fourth-order valence-electron chi connectivity index (χ4n) is 6.35. The zero-order chi connectivity index (χ0) is 42.0. The molecule has 2 saturated heterocycles. The molecule has 21 heteroatoms. The number of hydrogen-bond donors (Lipinski definition) is 3. The second-order valence-corrected chi connectivity index (χ2v) is 13.4. The summed E-state index contributed by atoms with van der Waals surface area (Å²) in [7, 11) is 0.676. The van der Waals surface area contributed by atoms with Gasteiger partial charge in [0.1, 0.15) is 25.4 Å². The van der Waals surface area contributed by atoms with Gasteiger partial charge in [0.25, 0.3) is 17.6 Å². The molecule has 312 valence electrons. The molecule has 0 saturated carbocycles. The number of carbonyl (C=O) groups is 4. The van der Waals surface area contributed by atoms with E-state index < -0.39 is 24.1 Å². The molecule has 3 amide bonds. The van der Waals surface area contributed by atoms with Crippen molar-refractivity contribution >= 4 is 58.1 Å². The third-order valence-corrected chi connectivity index (χ3v) is 9.56. The van der Waals surface area contributed by atoms with E-state index in [4.69, 9.17) is 37.3 Å². The Hall–Kier alpha value is -5.89. The predicted octanol–water partition coefficient (Wildman–Crippen LogP) is 3.25. The number of rotatable bonds is 11. The van der Waals surface area contributed by atoms with E-state index in [-0.39, 0.29) is 54.3 Å². The number of piperazine rings is 1. The maximum absolute atomic E-state index is 13.1. The highest BCUT2D eigenvalue weighted by atomic mass is 35.5. The zero-order valence-corrected chi connectivity index (χ0v) is 32.6. The van der Waals surface area contributed by atoms with Crippen molar-refractivity contribution in [1.82, 2.24) is 29.7 Å². The first-order chi connectivity index (χ1) is 27.7. The SMILES string of the molecule is CC[n+]1c(CNC(=O)c2nc(Cl)c(N)nc2N)n(CC2CCCO2)c2cc(OCC(=O)N3CCN(C(=O)OCc4ccccc4)CC3)ccc21.COC(=O)C(F)(F)F. The molecule has 58 heavy (non-hydrogen) atoms. The Morgan fingerprint density at radius 1 is 1.02 bits per heavy atom. The van der Waals surface area contributed by atoms with Gasteiger partial charge in [-0.15, -0.1) is 0 Å². The summed E-state index contributed by atoms with van der Waals surface area (Å²) >= 11 is 6.01. The van der Waals surface area contributed by atoms with Crippen molar-refractivity contribution in [3.63, 3.8) is 0 Å². The van der Waals surface area contributed by atoms with Crippen LogP contribution in [0.1, 0.15) is 41.6 Å². The third-order valence-electron chi connectivity index (χ3n) is 9.28. The number of nitrogens with two attached hydrogens (primary N) is 2. The number of amides is 3. The molecule has 2 aliphatic rings. The van der Waals surface area contributed by atoms with Gasteiger partial charge in [-0.3, -0.25) is 9.59 Å². The number of hydrogen-bond acceptors (Lipinski definition) is 12. The van der Waals surface area contributed by atoms with Gasteiger partial charge < -0.3 is 45.5 Å². The minimum absolute atomic E-state index is 0.00298. The van der Waals surface area contributed by atoms with Crippen molar-refractivity contribution < 1.29 is 55.9 Å². The number of alkyl halides is 3. The largest absolute Gasteiger partial charge is 0.490 e. The van der Waals surface area contributed by atoms with Crippen LogP contribution in [-0.4, -0.2) is 107 Å². The Kier molecular flexibility index (Phi) is 14.5. The van der Waals surface area contributed by atoms with Crippen LogP contribution in [0.3, 0.4) is 0 Å². The summed E-state index contributed by atoms with van der Waals surface area (Å²) in [6.45, 7) is 5.63. The summed E-state index contributed by atoms with van der Waals surface area (Å²) in [5, 5.41) is 2.80. The van der Waals surface area contributed by atoms with Crippen molar-refractivity contribution in [2.75, 3.05) is 58.0 Å². The van der Waals surface area contributed by atoms with E-state index in [1.807, 2.05) is 55.5 Å². The van der Waals surface area contributed by atoms with Crippen molar-refractivity contribution in [1.29, 1.82) is 0 Å². The number of fused-ring (bicyclic) bond motifs is 1. The molecular formula is C37H44ClF3N9O8+. The van der Waals surface area contributed by atoms with Crippen LogP contribution in [0.15, 0.2) is 48.5 Å². The Labute approximate surface area is 335 Å². The van der Waals surface area contributed by atoms with E-state index in [9.17, 15) is 32.3 Å². The first kappa shape index (κ1) is 43.2. The summed E-state index contributed by atoms with van der Waals surface area (Å²) in [5.41, 5.74) is 14.2. The number of benzene rings is 2. The first-order valence-electron chi connectivity index (χ1n) is 18.2. The lowest BCUT2D eigenvalue weighted by Crippen LogP contribution is -2.51. The van der Waals surface area contributed by atoms with Crippen molar-refractivity contribution in [2.45, 2.75) is 58.3 Å². The van der Waals surface area contributed by atoms with E-state index in [0.717, 1.165) is 35.3 Å². The highest BCUT2D eigenvalue weighted by molar-refractivity contribution is 6.31. The predicted molar refractivity (Wildman–Crippen MR) is 202 cm³/mol. The minimum atomic E-state index is -4.85. The number of halogens is 4. The number of nitrogens with zero attached hydrogens (tertiary/aromatic N) is 6. The molecular weight excluding hydrogens is 791 g/mol. The Morgan fingerprint density at radius 3 is 2.34 bits per heavy atom. The number of carbonyl (C=O) groups excluding carboxylic acids is 4. The van der Waals surface area contributed by atoms with Gasteiger partial charge in [0.05, 0.1) is 19.8 Å². The summed E-state index contributed by atoms with van der Waals surface area (Å²) < 4.78 is 57.9. The van der Waals surface area contributed by atoms with Crippen LogP contribution < -0.4 is 26.1 Å². The smallest absolute Gasteiger partial charge is 0.484 e. The number of aryl methyl sites for hydroxylation is 1. The Bertz CT molecular complexity index is 2090. The average molecular weight is 835 g/mol. The van der Waals surface area contributed by atoms with Crippen molar-refractivity contribution in [3.05, 3.63) is 70.8 Å². The van der Waals surface area contributed by atoms with Gasteiger partial charge >= 0.3 is 18.2 Å². The molecule has 6 rings (SSSR count). The molecule has 2 fully saturated rings. The van der Waals surface area contributed by atoms with Gasteiger partial charge in [-0.2, -0.15) is 13.2 Å². The lowest BCUT2D eigenvalue weighted by molar-refractivity contribution is -0.676. The topological polar surface area (TPSA) is 210 Å².